The predicted octanol–water partition coefficient (Wildman–Crippen LogP) is 1.23. The zero-order chi connectivity index (χ0) is 9.26. The molecule has 0 saturated heterocycles. The van der Waals surface area contributed by atoms with Gasteiger partial charge in [0.25, 0.3) is 0 Å². The summed E-state index contributed by atoms with van der Waals surface area (Å²) in [5.41, 5.74) is 3.32. The molecule has 1 aliphatic rings. The fourth-order valence-corrected chi connectivity index (χ4v) is 1.05. The number of nitrogens with zero attached hydrogens (tertiary/aromatic N) is 2. The van der Waals surface area contributed by atoms with E-state index in [1.54, 1.807) is 23.3 Å². The van der Waals surface area contributed by atoms with Gasteiger partial charge in [-0.2, -0.15) is 5.17 Å². The molecule has 0 aromatic heterocycles. The van der Waals surface area contributed by atoms with Gasteiger partial charge in [-0.3, -0.25) is 10.2 Å². The van der Waals surface area contributed by atoms with Crippen LogP contribution in [0.5, 0.6) is 0 Å². The molecule has 1 aromatic carbocycles. The fourth-order valence-electron chi connectivity index (χ4n) is 1.05. The summed E-state index contributed by atoms with van der Waals surface area (Å²) < 4.78 is 12.5. The van der Waals surface area contributed by atoms with E-state index in [9.17, 15) is 4.39 Å². The van der Waals surface area contributed by atoms with Gasteiger partial charge in [0.05, 0.1) is 11.9 Å². The molecule has 4 nitrogen and oxygen atoms in total. The van der Waals surface area contributed by atoms with Gasteiger partial charge < -0.3 is 0 Å². The Morgan fingerprint density at radius 1 is 1.15 bits per heavy atom. The molecule has 0 radical (unpaired) electrons. The maximum absolute atomic E-state index is 12.5. The average molecular weight is 181 g/mol. The first-order chi connectivity index (χ1) is 6.25. The maximum Gasteiger partial charge on any atom is 0.123 e. The lowest BCUT2D eigenvalue weighted by Gasteiger charge is -2.17. The molecule has 1 heterocycles. The quantitative estimate of drug-likeness (QED) is 0.683. The second-order valence-electron chi connectivity index (χ2n) is 2.59. The van der Waals surface area contributed by atoms with Gasteiger partial charge in [-0.05, 0) is 24.3 Å². The van der Waals surface area contributed by atoms with E-state index < -0.39 is 0 Å². The third kappa shape index (κ3) is 1.61. The molecule has 0 amide bonds. The smallest absolute Gasteiger partial charge is 0.123 e. The van der Waals surface area contributed by atoms with Crippen LogP contribution in [-0.4, -0.2) is 10.4 Å². The van der Waals surface area contributed by atoms with E-state index in [-0.39, 0.29) is 5.82 Å². The lowest BCUT2D eigenvalue weighted by atomic mass is 10.3. The largest absolute Gasteiger partial charge is 0.272 e. The van der Waals surface area contributed by atoms with Crippen molar-refractivity contribution < 1.29 is 9.60 Å². The summed E-state index contributed by atoms with van der Waals surface area (Å²) in [4.78, 5) is 0. The molecule has 2 N–H and O–H groups in total. The van der Waals surface area contributed by atoms with E-state index in [1.165, 1.54) is 18.3 Å². The van der Waals surface area contributed by atoms with Gasteiger partial charge in [0.2, 0.25) is 0 Å². The first-order valence-corrected chi connectivity index (χ1v) is 3.73. The molecule has 1 aromatic rings. The van der Waals surface area contributed by atoms with Crippen LogP contribution < -0.4 is 10.5 Å². The highest BCUT2D eigenvalue weighted by molar-refractivity contribution is 5.48. The van der Waals surface area contributed by atoms with Crippen LogP contribution in [-0.2, 0) is 0 Å². The number of hydroxylamine groups is 1. The SMILES string of the molecule is ON1C=CN(c2ccc(F)cc2)N1. The van der Waals surface area contributed by atoms with Crippen molar-refractivity contribution >= 4 is 5.69 Å². The average Bonchev–Trinajstić information content (AvgIpc) is 2.53. The van der Waals surface area contributed by atoms with Crippen molar-refractivity contribution in [3.63, 3.8) is 0 Å². The Labute approximate surface area is 74.4 Å². The van der Waals surface area contributed by atoms with Gasteiger partial charge in [0, 0.05) is 6.20 Å². The molecule has 0 spiro atoms. The number of hydrogen-bond acceptors (Lipinski definition) is 4. The number of halogens is 1. The van der Waals surface area contributed by atoms with Crippen LogP contribution in [0, 0.1) is 5.82 Å². The third-order valence-electron chi connectivity index (χ3n) is 1.67. The molecule has 0 unspecified atom stereocenters. The summed E-state index contributed by atoms with van der Waals surface area (Å²) in [6, 6.07) is 5.91. The zero-order valence-corrected chi connectivity index (χ0v) is 6.68. The van der Waals surface area contributed by atoms with Gasteiger partial charge >= 0.3 is 0 Å². The van der Waals surface area contributed by atoms with Crippen molar-refractivity contribution in [3.05, 3.63) is 42.5 Å². The number of hydrazine groups is 2. The summed E-state index contributed by atoms with van der Waals surface area (Å²) in [5, 5.41) is 11.3. The standard InChI is InChI=1S/C8H8FN3O/c9-7-1-3-8(4-2-7)11-5-6-12(13)10-11/h1-6,10,13H. The van der Waals surface area contributed by atoms with Gasteiger partial charge in [-0.25, -0.2) is 4.39 Å². The Hall–Kier alpha value is -1.59. The summed E-state index contributed by atoms with van der Waals surface area (Å²) in [7, 11) is 0. The summed E-state index contributed by atoms with van der Waals surface area (Å²) >= 11 is 0. The highest BCUT2D eigenvalue weighted by atomic mass is 19.1. The van der Waals surface area contributed by atoms with Crippen LogP contribution in [0.15, 0.2) is 36.7 Å². The van der Waals surface area contributed by atoms with Crippen LogP contribution in [0.4, 0.5) is 10.1 Å². The Morgan fingerprint density at radius 3 is 2.38 bits per heavy atom. The third-order valence-corrected chi connectivity index (χ3v) is 1.67. The number of anilines is 1. The van der Waals surface area contributed by atoms with Crippen LogP contribution in [0.1, 0.15) is 0 Å². The molecule has 2 rings (SSSR count). The van der Waals surface area contributed by atoms with Crippen LogP contribution in [0.25, 0.3) is 0 Å². The molecular weight excluding hydrogens is 173 g/mol. The zero-order valence-electron chi connectivity index (χ0n) is 6.68. The number of hydrogen-bond donors (Lipinski definition) is 2. The Balaban J connectivity index is 2.18. The minimum Gasteiger partial charge on any atom is -0.272 e. The number of benzene rings is 1. The highest BCUT2D eigenvalue weighted by Crippen LogP contribution is 2.15. The maximum atomic E-state index is 12.5. The fraction of sp³-hybridized carbons (Fsp3) is 0. The van der Waals surface area contributed by atoms with E-state index in [0.717, 1.165) is 10.9 Å². The van der Waals surface area contributed by atoms with Crippen LogP contribution >= 0.6 is 0 Å². The molecule has 0 saturated carbocycles. The normalized spacial score (nSPS) is 15.5. The molecule has 13 heavy (non-hydrogen) atoms. The minimum atomic E-state index is -0.284. The first kappa shape index (κ1) is 8.03. The number of rotatable bonds is 1. The van der Waals surface area contributed by atoms with Gasteiger partial charge in [-0.1, -0.05) is 0 Å². The highest BCUT2D eigenvalue weighted by Gasteiger charge is 2.10. The lowest BCUT2D eigenvalue weighted by molar-refractivity contribution is -0.0791. The molecule has 1 aliphatic heterocycles. The Morgan fingerprint density at radius 2 is 1.85 bits per heavy atom. The van der Waals surface area contributed by atoms with Crippen molar-refractivity contribution in [2.75, 3.05) is 5.01 Å². The molecule has 68 valence electrons. The molecule has 0 fully saturated rings. The van der Waals surface area contributed by atoms with E-state index in [2.05, 4.69) is 5.53 Å². The lowest BCUT2D eigenvalue weighted by Crippen LogP contribution is -2.37. The van der Waals surface area contributed by atoms with E-state index in [0.29, 0.717) is 0 Å². The van der Waals surface area contributed by atoms with Gasteiger partial charge in [0.15, 0.2) is 0 Å². The van der Waals surface area contributed by atoms with Gasteiger partial charge in [-0.15, -0.1) is 5.53 Å². The van der Waals surface area contributed by atoms with E-state index >= 15 is 0 Å². The predicted molar refractivity (Wildman–Crippen MR) is 44.8 cm³/mol. The van der Waals surface area contributed by atoms with Crippen molar-refractivity contribution in [2.24, 2.45) is 0 Å². The molecule has 0 atom stereocenters. The van der Waals surface area contributed by atoms with Crippen molar-refractivity contribution in [2.45, 2.75) is 0 Å². The van der Waals surface area contributed by atoms with Gasteiger partial charge in [0.1, 0.15) is 5.82 Å². The molecule has 0 aliphatic carbocycles. The molecule has 0 bridgehead atoms. The molecule has 5 heteroatoms. The summed E-state index contributed by atoms with van der Waals surface area (Å²) in [5.74, 6) is -0.284. The Bertz CT molecular complexity index is 325. The van der Waals surface area contributed by atoms with Crippen LogP contribution in [0.2, 0.25) is 0 Å². The Kier molecular flexibility index (Phi) is 1.88. The van der Waals surface area contributed by atoms with E-state index in [4.69, 9.17) is 5.21 Å². The monoisotopic (exact) mass is 181 g/mol. The van der Waals surface area contributed by atoms with Crippen molar-refractivity contribution in [1.29, 1.82) is 0 Å². The van der Waals surface area contributed by atoms with Crippen molar-refractivity contribution in [1.82, 2.24) is 10.7 Å². The summed E-state index contributed by atoms with van der Waals surface area (Å²) in [6.07, 6.45) is 3.05. The first-order valence-electron chi connectivity index (χ1n) is 3.73. The van der Waals surface area contributed by atoms with Crippen molar-refractivity contribution in [3.8, 4) is 0 Å². The van der Waals surface area contributed by atoms with E-state index in [1.807, 2.05) is 0 Å². The molecular formula is C8H8FN3O. The van der Waals surface area contributed by atoms with Crippen LogP contribution in [0.3, 0.4) is 0 Å². The topological polar surface area (TPSA) is 38.7 Å². The summed E-state index contributed by atoms with van der Waals surface area (Å²) in [6.45, 7) is 0. The second-order valence-corrected chi connectivity index (χ2v) is 2.59. The minimum absolute atomic E-state index is 0.284. The second kappa shape index (κ2) is 3.04. The number of nitrogens with one attached hydrogen (secondary N) is 1.